The molecule has 0 unspecified atom stereocenters. The molecule has 116 valence electrons. The summed E-state index contributed by atoms with van der Waals surface area (Å²) in [6, 6.07) is 3.83. The standard InChI is InChI=1S/C16H20N4O2/c1-2-14(8-17-4-1)22-15-6-16(21-10-15)3-5-20(11-16)9-13-7-18-12-19-13/h1-2,4,7-8,12,15H,3,5-6,9-11H2,(H,18,19)/t15-,16+/m1/s1. The molecule has 2 aliphatic rings. The third-order valence-corrected chi connectivity index (χ3v) is 4.46. The SMILES string of the molecule is c1cncc(O[C@H]2CO[C@@]3(CCN(Cc4cnc[nH]4)C3)C2)c1. The molecule has 4 rings (SSSR count). The van der Waals surface area contributed by atoms with E-state index in [9.17, 15) is 0 Å². The number of aromatic nitrogens is 3. The van der Waals surface area contributed by atoms with Crippen LogP contribution in [0.15, 0.2) is 37.1 Å². The van der Waals surface area contributed by atoms with Gasteiger partial charge in [0.15, 0.2) is 0 Å². The number of nitrogens with one attached hydrogen (secondary N) is 1. The molecule has 0 bridgehead atoms. The number of nitrogens with zero attached hydrogens (tertiary/aromatic N) is 3. The third-order valence-electron chi connectivity index (χ3n) is 4.46. The van der Waals surface area contributed by atoms with Gasteiger partial charge in [0, 0.05) is 44.1 Å². The van der Waals surface area contributed by atoms with Crippen LogP contribution in [-0.4, -0.2) is 51.3 Å². The maximum Gasteiger partial charge on any atom is 0.138 e. The Morgan fingerprint density at radius 2 is 2.41 bits per heavy atom. The molecule has 0 aromatic carbocycles. The van der Waals surface area contributed by atoms with Crippen LogP contribution in [0.25, 0.3) is 0 Å². The maximum absolute atomic E-state index is 6.12. The van der Waals surface area contributed by atoms with Crippen LogP contribution in [-0.2, 0) is 11.3 Å². The van der Waals surface area contributed by atoms with Gasteiger partial charge in [-0.1, -0.05) is 0 Å². The van der Waals surface area contributed by atoms with E-state index in [4.69, 9.17) is 9.47 Å². The van der Waals surface area contributed by atoms with Crippen molar-refractivity contribution >= 4 is 0 Å². The van der Waals surface area contributed by atoms with Crippen LogP contribution in [0.1, 0.15) is 18.5 Å². The van der Waals surface area contributed by atoms with E-state index in [1.807, 2.05) is 18.3 Å². The Hall–Kier alpha value is -1.92. The first-order chi connectivity index (χ1) is 10.8. The average molecular weight is 300 g/mol. The van der Waals surface area contributed by atoms with Gasteiger partial charge in [-0.2, -0.15) is 0 Å². The van der Waals surface area contributed by atoms with Crippen LogP contribution in [0.4, 0.5) is 0 Å². The van der Waals surface area contributed by atoms with E-state index in [0.29, 0.717) is 6.61 Å². The molecule has 6 heteroatoms. The Morgan fingerprint density at radius 3 is 3.23 bits per heavy atom. The topological polar surface area (TPSA) is 63.3 Å². The molecule has 1 spiro atoms. The van der Waals surface area contributed by atoms with Crippen molar-refractivity contribution in [3.8, 4) is 5.75 Å². The fraction of sp³-hybridized carbons (Fsp3) is 0.500. The first-order valence-electron chi connectivity index (χ1n) is 7.72. The molecule has 1 N–H and O–H groups in total. The van der Waals surface area contributed by atoms with Gasteiger partial charge in [0.1, 0.15) is 11.9 Å². The van der Waals surface area contributed by atoms with Gasteiger partial charge in [-0.3, -0.25) is 9.88 Å². The van der Waals surface area contributed by atoms with Crippen LogP contribution < -0.4 is 4.74 Å². The zero-order valence-electron chi connectivity index (χ0n) is 12.4. The lowest BCUT2D eigenvalue weighted by atomic mass is 9.98. The largest absolute Gasteiger partial charge is 0.486 e. The molecule has 2 aromatic heterocycles. The van der Waals surface area contributed by atoms with E-state index < -0.39 is 0 Å². The Morgan fingerprint density at radius 1 is 1.41 bits per heavy atom. The molecule has 4 heterocycles. The van der Waals surface area contributed by atoms with Crippen LogP contribution in [0.5, 0.6) is 5.75 Å². The zero-order valence-corrected chi connectivity index (χ0v) is 12.4. The maximum atomic E-state index is 6.12. The van der Waals surface area contributed by atoms with Crippen LogP contribution >= 0.6 is 0 Å². The predicted molar refractivity (Wildman–Crippen MR) is 80.4 cm³/mol. The summed E-state index contributed by atoms with van der Waals surface area (Å²) in [4.78, 5) is 13.7. The zero-order chi connectivity index (χ0) is 14.8. The van der Waals surface area contributed by atoms with Gasteiger partial charge in [0.05, 0.1) is 24.7 Å². The quantitative estimate of drug-likeness (QED) is 0.929. The Bertz CT molecular complexity index is 604. The highest BCUT2D eigenvalue weighted by molar-refractivity contribution is 5.16. The number of pyridine rings is 1. The highest BCUT2D eigenvalue weighted by atomic mass is 16.6. The lowest BCUT2D eigenvalue weighted by molar-refractivity contribution is 0.00927. The molecule has 2 fully saturated rings. The number of aromatic amines is 1. The molecule has 2 saturated heterocycles. The second-order valence-electron chi connectivity index (χ2n) is 6.16. The molecule has 0 radical (unpaired) electrons. The summed E-state index contributed by atoms with van der Waals surface area (Å²) in [5.41, 5.74) is 1.10. The fourth-order valence-electron chi connectivity index (χ4n) is 3.45. The number of ether oxygens (including phenoxy) is 2. The number of H-pyrrole nitrogens is 1. The minimum absolute atomic E-state index is 0.0487. The molecule has 2 aliphatic heterocycles. The van der Waals surface area contributed by atoms with E-state index in [2.05, 4.69) is 19.9 Å². The van der Waals surface area contributed by atoms with Crippen molar-refractivity contribution in [1.82, 2.24) is 19.9 Å². The molecule has 22 heavy (non-hydrogen) atoms. The number of hydrogen-bond acceptors (Lipinski definition) is 5. The molecule has 6 nitrogen and oxygen atoms in total. The van der Waals surface area contributed by atoms with Crippen molar-refractivity contribution in [2.24, 2.45) is 0 Å². The number of hydrogen-bond donors (Lipinski definition) is 1. The predicted octanol–water partition coefficient (Wildman–Crippen LogP) is 1.62. The minimum Gasteiger partial charge on any atom is -0.486 e. The third kappa shape index (κ3) is 2.84. The first-order valence-corrected chi connectivity index (χ1v) is 7.72. The van der Waals surface area contributed by atoms with Gasteiger partial charge < -0.3 is 14.5 Å². The van der Waals surface area contributed by atoms with Gasteiger partial charge in [-0.25, -0.2) is 4.98 Å². The van der Waals surface area contributed by atoms with Crippen LogP contribution in [0.2, 0.25) is 0 Å². The molecular weight excluding hydrogens is 280 g/mol. The fourth-order valence-corrected chi connectivity index (χ4v) is 3.45. The average Bonchev–Trinajstić information content (AvgIpc) is 3.25. The van der Waals surface area contributed by atoms with E-state index in [-0.39, 0.29) is 11.7 Å². The van der Waals surface area contributed by atoms with Crippen LogP contribution in [0, 0.1) is 0 Å². The van der Waals surface area contributed by atoms with Crippen molar-refractivity contribution in [2.45, 2.75) is 31.1 Å². The molecule has 2 atom stereocenters. The van der Waals surface area contributed by atoms with Crippen molar-refractivity contribution < 1.29 is 9.47 Å². The highest BCUT2D eigenvalue weighted by Gasteiger charge is 2.46. The molecule has 0 amide bonds. The molecule has 0 aliphatic carbocycles. The Balaban J connectivity index is 1.34. The number of imidazole rings is 1. The lowest BCUT2D eigenvalue weighted by Gasteiger charge is -2.23. The van der Waals surface area contributed by atoms with Gasteiger partial charge in [-0.15, -0.1) is 0 Å². The summed E-state index contributed by atoms with van der Waals surface area (Å²) in [5, 5.41) is 0. The summed E-state index contributed by atoms with van der Waals surface area (Å²) in [6.07, 6.45) is 9.25. The summed E-state index contributed by atoms with van der Waals surface area (Å²) in [5.74, 6) is 0.820. The summed E-state index contributed by atoms with van der Waals surface area (Å²) >= 11 is 0. The van der Waals surface area contributed by atoms with E-state index >= 15 is 0 Å². The van der Waals surface area contributed by atoms with Crippen LogP contribution in [0.3, 0.4) is 0 Å². The number of likely N-dealkylation sites (tertiary alicyclic amines) is 1. The van der Waals surface area contributed by atoms with Crippen molar-refractivity contribution in [3.05, 3.63) is 42.7 Å². The van der Waals surface area contributed by atoms with Crippen molar-refractivity contribution in [1.29, 1.82) is 0 Å². The number of rotatable bonds is 4. The smallest absolute Gasteiger partial charge is 0.138 e. The Labute approximate surface area is 129 Å². The second-order valence-corrected chi connectivity index (χ2v) is 6.16. The summed E-state index contributed by atoms with van der Waals surface area (Å²) < 4.78 is 12.1. The van der Waals surface area contributed by atoms with Crippen molar-refractivity contribution in [2.75, 3.05) is 19.7 Å². The van der Waals surface area contributed by atoms with E-state index in [0.717, 1.165) is 43.9 Å². The first kappa shape index (κ1) is 13.7. The molecule has 2 aromatic rings. The summed E-state index contributed by atoms with van der Waals surface area (Å²) in [7, 11) is 0. The van der Waals surface area contributed by atoms with Gasteiger partial charge in [-0.05, 0) is 18.6 Å². The highest BCUT2D eigenvalue weighted by Crippen LogP contribution is 2.36. The minimum atomic E-state index is -0.0487. The van der Waals surface area contributed by atoms with Crippen molar-refractivity contribution in [3.63, 3.8) is 0 Å². The molecule has 0 saturated carbocycles. The normalized spacial score (nSPS) is 28.5. The van der Waals surface area contributed by atoms with E-state index in [1.54, 1.807) is 18.7 Å². The Kier molecular flexibility index (Phi) is 3.56. The van der Waals surface area contributed by atoms with Gasteiger partial charge in [0.25, 0.3) is 0 Å². The summed E-state index contributed by atoms with van der Waals surface area (Å²) in [6.45, 7) is 3.57. The van der Waals surface area contributed by atoms with Gasteiger partial charge in [0.2, 0.25) is 0 Å². The van der Waals surface area contributed by atoms with E-state index in [1.165, 1.54) is 0 Å². The second kappa shape index (κ2) is 5.70. The lowest BCUT2D eigenvalue weighted by Crippen LogP contribution is -2.33. The van der Waals surface area contributed by atoms with Gasteiger partial charge >= 0.3 is 0 Å². The molecular formula is C16H20N4O2. The monoisotopic (exact) mass is 300 g/mol.